The molecule has 0 radical (unpaired) electrons. The minimum atomic E-state index is -1.25. The minimum absolute atomic E-state index is 0.107. The first kappa shape index (κ1) is 25.6. The number of phenols is 1. The van der Waals surface area contributed by atoms with E-state index >= 15 is 0 Å². The van der Waals surface area contributed by atoms with E-state index in [2.05, 4.69) is 9.69 Å². The van der Waals surface area contributed by atoms with Crippen LogP contribution in [-0.4, -0.2) is 33.7 Å². The van der Waals surface area contributed by atoms with Gasteiger partial charge in [-0.1, -0.05) is 32.0 Å². The van der Waals surface area contributed by atoms with Gasteiger partial charge in [0.05, 0.1) is 5.69 Å². The Hall–Kier alpha value is -3.99. The maximum Gasteiger partial charge on any atom is 0.273 e. The Morgan fingerprint density at radius 2 is 1.86 bits per heavy atom. The standard InChI is InChI=1S/C24H26FN5O4S/c1-13(2)10-11-28-23(33)20(14-6-8-15(25)9-7-14)30(16-4-3-5-17(31)12-16)24(34)21-18(26)19(22(27)32)29-35-21/h3-9,12-13,20,31H,10-11,26H2,1-2H3,(H2,27,32)(H,28,33). The molecule has 0 bridgehead atoms. The zero-order valence-electron chi connectivity index (χ0n) is 19.2. The monoisotopic (exact) mass is 499 g/mol. The lowest BCUT2D eigenvalue weighted by molar-refractivity contribution is -0.122. The van der Waals surface area contributed by atoms with Gasteiger partial charge in [-0.3, -0.25) is 19.3 Å². The number of aromatic hydroxyl groups is 1. The molecule has 184 valence electrons. The smallest absolute Gasteiger partial charge is 0.273 e. The van der Waals surface area contributed by atoms with Crippen molar-refractivity contribution in [1.82, 2.24) is 9.69 Å². The van der Waals surface area contributed by atoms with Crippen molar-refractivity contribution in [2.45, 2.75) is 26.3 Å². The molecule has 1 aromatic heterocycles. The second kappa shape index (κ2) is 11.0. The Morgan fingerprint density at radius 1 is 1.17 bits per heavy atom. The summed E-state index contributed by atoms with van der Waals surface area (Å²) >= 11 is 0.667. The van der Waals surface area contributed by atoms with Crippen molar-refractivity contribution in [1.29, 1.82) is 0 Å². The number of nitrogens with zero attached hydrogens (tertiary/aromatic N) is 2. The lowest BCUT2D eigenvalue weighted by atomic mass is 10.0. The van der Waals surface area contributed by atoms with E-state index in [9.17, 15) is 23.9 Å². The summed E-state index contributed by atoms with van der Waals surface area (Å²) < 4.78 is 17.6. The van der Waals surface area contributed by atoms with Gasteiger partial charge in [0.2, 0.25) is 5.91 Å². The highest BCUT2D eigenvalue weighted by Gasteiger charge is 2.36. The molecule has 9 nitrogen and oxygen atoms in total. The summed E-state index contributed by atoms with van der Waals surface area (Å²) in [6, 6.07) is 9.66. The van der Waals surface area contributed by atoms with Crippen LogP contribution in [0.25, 0.3) is 0 Å². The molecule has 0 saturated carbocycles. The van der Waals surface area contributed by atoms with Gasteiger partial charge in [0.1, 0.15) is 22.5 Å². The van der Waals surface area contributed by atoms with Gasteiger partial charge in [-0.05, 0) is 53.7 Å². The maximum atomic E-state index is 13.8. The lowest BCUT2D eigenvalue weighted by Gasteiger charge is -2.31. The molecule has 11 heteroatoms. The van der Waals surface area contributed by atoms with Gasteiger partial charge in [0, 0.05) is 18.3 Å². The number of phenolic OH excluding ortho intramolecular Hbond substituents is 1. The van der Waals surface area contributed by atoms with E-state index in [4.69, 9.17) is 11.5 Å². The largest absolute Gasteiger partial charge is 0.508 e. The Balaban J connectivity index is 2.16. The highest BCUT2D eigenvalue weighted by Crippen LogP contribution is 2.34. The average molecular weight is 500 g/mol. The predicted octanol–water partition coefficient (Wildman–Crippen LogP) is 3.22. The van der Waals surface area contributed by atoms with Gasteiger partial charge in [0.25, 0.3) is 11.8 Å². The van der Waals surface area contributed by atoms with Crippen molar-refractivity contribution in [2.75, 3.05) is 17.2 Å². The first-order valence-electron chi connectivity index (χ1n) is 10.8. The van der Waals surface area contributed by atoms with Crippen LogP contribution in [0, 0.1) is 11.7 Å². The van der Waals surface area contributed by atoms with Crippen molar-refractivity contribution in [2.24, 2.45) is 11.7 Å². The lowest BCUT2D eigenvalue weighted by Crippen LogP contribution is -2.44. The van der Waals surface area contributed by atoms with Crippen LogP contribution in [0.15, 0.2) is 48.5 Å². The number of nitrogen functional groups attached to an aromatic ring is 1. The van der Waals surface area contributed by atoms with Crippen LogP contribution in [0.1, 0.15) is 52.0 Å². The van der Waals surface area contributed by atoms with E-state index in [1.807, 2.05) is 13.8 Å². The van der Waals surface area contributed by atoms with Crippen molar-refractivity contribution >= 4 is 40.6 Å². The molecule has 6 N–H and O–H groups in total. The molecule has 3 aromatic rings. The molecule has 0 aliphatic heterocycles. The fourth-order valence-corrected chi connectivity index (χ4v) is 4.15. The number of rotatable bonds is 9. The number of carbonyl (C=O) groups excluding carboxylic acids is 3. The molecule has 0 aliphatic carbocycles. The molecule has 1 unspecified atom stereocenters. The fourth-order valence-electron chi connectivity index (χ4n) is 3.41. The van der Waals surface area contributed by atoms with Gasteiger partial charge in [-0.15, -0.1) is 0 Å². The zero-order chi connectivity index (χ0) is 25.7. The van der Waals surface area contributed by atoms with Gasteiger partial charge in [-0.25, -0.2) is 4.39 Å². The molecule has 0 aliphatic rings. The molecular formula is C24H26FN5O4S. The summed E-state index contributed by atoms with van der Waals surface area (Å²) in [7, 11) is 0. The summed E-state index contributed by atoms with van der Waals surface area (Å²) in [5.41, 5.74) is 11.3. The number of hydrogen-bond donors (Lipinski definition) is 4. The van der Waals surface area contributed by atoms with Gasteiger partial charge in [0.15, 0.2) is 5.69 Å². The molecule has 3 amide bonds. The van der Waals surface area contributed by atoms with E-state index in [0.717, 1.165) is 4.90 Å². The SMILES string of the molecule is CC(C)CCNC(=O)C(c1ccc(F)cc1)N(C(=O)c1snc(C(N)=O)c1N)c1cccc(O)c1. The first-order valence-corrected chi connectivity index (χ1v) is 11.6. The molecule has 0 fully saturated rings. The number of nitrogens with one attached hydrogen (secondary N) is 1. The highest BCUT2D eigenvalue weighted by atomic mass is 32.1. The number of nitrogens with two attached hydrogens (primary N) is 2. The summed E-state index contributed by atoms with van der Waals surface area (Å²) in [4.78, 5) is 39.9. The molecular weight excluding hydrogens is 473 g/mol. The van der Waals surface area contributed by atoms with Crippen LogP contribution in [0.5, 0.6) is 5.75 Å². The molecule has 1 heterocycles. The second-order valence-electron chi connectivity index (χ2n) is 8.26. The minimum Gasteiger partial charge on any atom is -0.508 e. The van der Waals surface area contributed by atoms with E-state index in [-0.39, 0.29) is 27.7 Å². The Bertz CT molecular complexity index is 1230. The van der Waals surface area contributed by atoms with Crippen LogP contribution in [0.4, 0.5) is 15.8 Å². The van der Waals surface area contributed by atoms with Crippen molar-refractivity contribution in [3.63, 3.8) is 0 Å². The van der Waals surface area contributed by atoms with Crippen LogP contribution < -0.4 is 21.7 Å². The number of benzene rings is 2. The third-order valence-corrected chi connectivity index (χ3v) is 6.05. The molecule has 0 saturated heterocycles. The van der Waals surface area contributed by atoms with E-state index in [1.54, 1.807) is 0 Å². The van der Waals surface area contributed by atoms with E-state index in [1.165, 1.54) is 48.5 Å². The number of amides is 3. The summed E-state index contributed by atoms with van der Waals surface area (Å²) in [6.07, 6.45) is 0.700. The quantitative estimate of drug-likeness (QED) is 0.355. The van der Waals surface area contributed by atoms with Crippen molar-refractivity contribution in [3.05, 3.63) is 70.5 Å². The summed E-state index contributed by atoms with van der Waals surface area (Å²) in [5, 5.41) is 12.9. The Labute approximate surface area is 205 Å². The number of halogens is 1. The molecule has 2 aromatic carbocycles. The van der Waals surface area contributed by atoms with Crippen molar-refractivity contribution in [3.8, 4) is 5.75 Å². The van der Waals surface area contributed by atoms with Crippen LogP contribution in [0.2, 0.25) is 0 Å². The number of primary amides is 1. The molecule has 3 rings (SSSR count). The zero-order valence-corrected chi connectivity index (χ0v) is 20.0. The first-order chi connectivity index (χ1) is 16.6. The Kier molecular flexibility index (Phi) is 8.02. The Morgan fingerprint density at radius 3 is 2.43 bits per heavy atom. The van der Waals surface area contributed by atoms with E-state index in [0.29, 0.717) is 36.0 Å². The number of aromatic nitrogens is 1. The third kappa shape index (κ3) is 5.93. The number of hydrogen-bond acceptors (Lipinski definition) is 7. The average Bonchev–Trinajstić information content (AvgIpc) is 3.19. The summed E-state index contributed by atoms with van der Waals surface area (Å²) in [5.74, 6) is -2.50. The van der Waals surface area contributed by atoms with Crippen molar-refractivity contribution < 1.29 is 23.9 Å². The topological polar surface area (TPSA) is 152 Å². The van der Waals surface area contributed by atoms with Crippen LogP contribution >= 0.6 is 11.5 Å². The number of carbonyl (C=O) groups is 3. The van der Waals surface area contributed by atoms with Gasteiger partial charge in [-0.2, -0.15) is 4.37 Å². The molecule has 0 spiro atoms. The maximum absolute atomic E-state index is 13.8. The fraction of sp³-hybridized carbons (Fsp3) is 0.250. The molecule has 1 atom stereocenters. The van der Waals surface area contributed by atoms with Gasteiger partial charge >= 0.3 is 0 Å². The normalized spacial score (nSPS) is 11.8. The van der Waals surface area contributed by atoms with E-state index < -0.39 is 29.6 Å². The number of anilines is 2. The van der Waals surface area contributed by atoms with Crippen LogP contribution in [-0.2, 0) is 4.79 Å². The van der Waals surface area contributed by atoms with Crippen LogP contribution in [0.3, 0.4) is 0 Å². The third-order valence-electron chi connectivity index (χ3n) is 5.20. The van der Waals surface area contributed by atoms with Gasteiger partial charge < -0.3 is 21.9 Å². The summed E-state index contributed by atoms with van der Waals surface area (Å²) in [6.45, 7) is 4.37. The highest BCUT2D eigenvalue weighted by molar-refractivity contribution is 7.09. The second-order valence-corrected chi connectivity index (χ2v) is 9.03. The predicted molar refractivity (Wildman–Crippen MR) is 132 cm³/mol. The molecule has 35 heavy (non-hydrogen) atoms.